The molecule has 176 valence electrons. The van der Waals surface area contributed by atoms with Gasteiger partial charge in [-0.2, -0.15) is 0 Å². The fraction of sp³-hybridized carbons (Fsp3) is 0.500. The molecule has 0 radical (unpaired) electrons. The van der Waals surface area contributed by atoms with E-state index in [0.717, 1.165) is 11.3 Å². The molecule has 1 N–H and O–H groups in total. The lowest BCUT2D eigenvalue weighted by molar-refractivity contribution is -0.162. The third-order valence-electron chi connectivity index (χ3n) is 6.68. The van der Waals surface area contributed by atoms with Crippen molar-refractivity contribution in [2.45, 2.75) is 26.3 Å². The molecule has 2 bridgehead atoms. The van der Waals surface area contributed by atoms with Crippen LogP contribution in [-0.4, -0.2) is 55.5 Å². The maximum Gasteiger partial charge on any atom is 0.330 e. The van der Waals surface area contributed by atoms with E-state index in [2.05, 4.69) is 5.32 Å². The highest BCUT2D eigenvalue weighted by atomic mass is 16.5. The number of hydrogen-bond acceptors (Lipinski definition) is 7. The molecule has 33 heavy (non-hydrogen) atoms. The van der Waals surface area contributed by atoms with Gasteiger partial charge in [0.25, 0.3) is 5.91 Å². The van der Waals surface area contributed by atoms with E-state index in [0.29, 0.717) is 17.2 Å². The Morgan fingerprint density at radius 2 is 1.70 bits per heavy atom. The Bertz CT molecular complexity index is 988. The minimum absolute atomic E-state index is 0.0514. The first-order valence-corrected chi connectivity index (χ1v) is 11.0. The normalized spacial score (nSPS) is 25.9. The molecule has 1 saturated heterocycles. The summed E-state index contributed by atoms with van der Waals surface area (Å²) in [4.78, 5) is 52.6. The van der Waals surface area contributed by atoms with Crippen molar-refractivity contribution in [1.82, 2.24) is 4.90 Å². The lowest BCUT2D eigenvalue weighted by Gasteiger charge is -2.28. The highest BCUT2D eigenvalue weighted by Gasteiger charge is 2.61. The van der Waals surface area contributed by atoms with Crippen LogP contribution in [0.5, 0.6) is 11.5 Å². The number of anilines is 1. The number of fused-ring (bicyclic) bond motifs is 5. The molecule has 1 aromatic rings. The van der Waals surface area contributed by atoms with Crippen LogP contribution in [0.15, 0.2) is 30.4 Å². The predicted octanol–water partition coefficient (Wildman–Crippen LogP) is 2.02. The minimum atomic E-state index is -1.07. The Morgan fingerprint density at radius 1 is 1.06 bits per heavy atom. The van der Waals surface area contributed by atoms with E-state index < -0.39 is 36.4 Å². The first-order chi connectivity index (χ1) is 15.8. The van der Waals surface area contributed by atoms with Crippen LogP contribution < -0.4 is 14.8 Å². The van der Waals surface area contributed by atoms with Crippen molar-refractivity contribution in [3.63, 3.8) is 0 Å². The van der Waals surface area contributed by atoms with Gasteiger partial charge in [0.1, 0.15) is 17.5 Å². The highest BCUT2D eigenvalue weighted by molar-refractivity contribution is 6.09. The van der Waals surface area contributed by atoms with Crippen LogP contribution in [0.2, 0.25) is 0 Å². The summed E-state index contributed by atoms with van der Waals surface area (Å²) in [6.07, 6.45) is 4.81. The monoisotopic (exact) mass is 456 g/mol. The second-order valence-electron chi connectivity index (χ2n) is 8.96. The molecule has 2 aliphatic carbocycles. The number of amides is 3. The van der Waals surface area contributed by atoms with Crippen molar-refractivity contribution >= 4 is 29.4 Å². The number of imide groups is 1. The molecule has 2 fully saturated rings. The number of methoxy groups -OCH3 is 2. The van der Waals surface area contributed by atoms with Gasteiger partial charge in [-0.3, -0.25) is 19.3 Å². The van der Waals surface area contributed by atoms with Crippen molar-refractivity contribution in [1.29, 1.82) is 0 Å². The summed E-state index contributed by atoms with van der Waals surface area (Å²) >= 11 is 0. The molecule has 3 amide bonds. The first kappa shape index (κ1) is 22.8. The maximum atomic E-state index is 13.1. The summed E-state index contributed by atoms with van der Waals surface area (Å²) in [6, 6.07) is 3.80. The van der Waals surface area contributed by atoms with Gasteiger partial charge in [0, 0.05) is 6.07 Å². The average molecular weight is 456 g/mol. The molecule has 0 aromatic heterocycles. The number of carbonyl (C=O) groups excluding carboxylic acids is 4. The summed E-state index contributed by atoms with van der Waals surface area (Å²) in [6.45, 7) is 2.93. The van der Waals surface area contributed by atoms with E-state index in [4.69, 9.17) is 14.2 Å². The number of benzene rings is 1. The Kier molecular flexibility index (Phi) is 6.14. The summed E-state index contributed by atoms with van der Waals surface area (Å²) in [7, 11) is 2.97. The molecule has 1 heterocycles. The van der Waals surface area contributed by atoms with Gasteiger partial charge in [-0.05, 0) is 36.3 Å². The summed E-state index contributed by atoms with van der Waals surface area (Å²) in [5.41, 5.74) is 0.389. The van der Waals surface area contributed by atoms with E-state index >= 15 is 0 Å². The second-order valence-corrected chi connectivity index (χ2v) is 8.96. The van der Waals surface area contributed by atoms with Crippen molar-refractivity contribution in [2.75, 3.05) is 26.1 Å². The van der Waals surface area contributed by atoms with E-state index in [9.17, 15) is 19.2 Å². The van der Waals surface area contributed by atoms with E-state index in [1.165, 1.54) is 14.2 Å². The highest BCUT2D eigenvalue weighted by Crippen LogP contribution is 2.53. The Morgan fingerprint density at radius 3 is 2.24 bits per heavy atom. The largest absolute Gasteiger partial charge is 0.497 e. The van der Waals surface area contributed by atoms with Crippen LogP contribution in [0, 0.1) is 29.6 Å². The quantitative estimate of drug-likeness (QED) is 0.362. The van der Waals surface area contributed by atoms with Crippen LogP contribution in [0.3, 0.4) is 0 Å². The number of esters is 1. The number of nitrogens with zero attached hydrogens (tertiary/aromatic N) is 1. The van der Waals surface area contributed by atoms with E-state index in [1.54, 1.807) is 32.0 Å². The fourth-order valence-corrected chi connectivity index (χ4v) is 5.19. The predicted molar refractivity (Wildman–Crippen MR) is 117 cm³/mol. The van der Waals surface area contributed by atoms with Gasteiger partial charge in [0.05, 0.1) is 31.7 Å². The molecule has 1 aromatic carbocycles. The number of carbonyl (C=O) groups is 4. The summed E-state index contributed by atoms with van der Waals surface area (Å²) in [5, 5.41) is 2.62. The number of likely N-dealkylation sites (tertiary alicyclic amines) is 1. The van der Waals surface area contributed by atoms with Crippen LogP contribution >= 0.6 is 0 Å². The van der Waals surface area contributed by atoms with Gasteiger partial charge in [-0.1, -0.05) is 26.0 Å². The summed E-state index contributed by atoms with van der Waals surface area (Å²) < 4.78 is 15.6. The Hall–Kier alpha value is -3.36. The van der Waals surface area contributed by atoms with Crippen molar-refractivity contribution < 1.29 is 33.4 Å². The SMILES string of the molecule is COc1ccc(NC(=O)COC(=O)[C@H](C(C)C)N2C(=O)[C@@H]3[C@H](C2=O)[C@H]2C=C[C@H]3C2)c(OC)c1. The van der Waals surface area contributed by atoms with Crippen molar-refractivity contribution in [2.24, 2.45) is 29.6 Å². The second kappa shape index (κ2) is 8.88. The number of hydrogen-bond donors (Lipinski definition) is 1. The zero-order valence-corrected chi connectivity index (χ0v) is 19.1. The number of ether oxygens (including phenoxy) is 3. The molecule has 1 aliphatic heterocycles. The molecule has 1 saturated carbocycles. The standard InChI is InChI=1S/C24H28N2O7/c1-12(2)21(26-22(28)19-13-5-6-14(9-13)20(19)23(26)29)24(30)33-11-18(27)25-16-8-7-15(31-3)10-17(16)32-4/h5-8,10,12-14,19-21H,9,11H2,1-4H3,(H,25,27)/t13-,14-,19-,20+,21-/m0/s1. The van der Waals surface area contributed by atoms with Crippen molar-refractivity contribution in [3.05, 3.63) is 30.4 Å². The zero-order valence-electron chi connectivity index (χ0n) is 19.1. The number of allylic oxidation sites excluding steroid dienone is 2. The molecule has 5 atom stereocenters. The lowest BCUT2D eigenvalue weighted by Crippen LogP contribution is -2.50. The fourth-order valence-electron chi connectivity index (χ4n) is 5.19. The Balaban J connectivity index is 1.41. The topological polar surface area (TPSA) is 111 Å². The van der Waals surface area contributed by atoms with Crippen LogP contribution in [-0.2, 0) is 23.9 Å². The molecule has 0 spiro atoms. The molecule has 4 rings (SSSR count). The Labute approximate surface area is 192 Å². The van der Waals surface area contributed by atoms with Gasteiger partial charge in [-0.15, -0.1) is 0 Å². The molecule has 9 heteroatoms. The van der Waals surface area contributed by atoms with E-state index in [1.807, 2.05) is 12.2 Å². The zero-order chi connectivity index (χ0) is 23.9. The van der Waals surface area contributed by atoms with Gasteiger partial charge in [-0.25, -0.2) is 4.79 Å². The molecule has 0 unspecified atom stereocenters. The third-order valence-corrected chi connectivity index (χ3v) is 6.68. The lowest BCUT2D eigenvalue weighted by atomic mass is 9.85. The smallest absolute Gasteiger partial charge is 0.330 e. The van der Waals surface area contributed by atoms with Gasteiger partial charge in [0.2, 0.25) is 11.8 Å². The number of rotatable bonds is 8. The minimum Gasteiger partial charge on any atom is -0.497 e. The molecular weight excluding hydrogens is 428 g/mol. The first-order valence-electron chi connectivity index (χ1n) is 11.0. The van der Waals surface area contributed by atoms with Gasteiger partial charge >= 0.3 is 5.97 Å². The van der Waals surface area contributed by atoms with Crippen LogP contribution in [0.25, 0.3) is 0 Å². The maximum absolute atomic E-state index is 13.1. The van der Waals surface area contributed by atoms with E-state index in [-0.39, 0.29) is 29.6 Å². The summed E-state index contributed by atoms with van der Waals surface area (Å²) in [5.74, 6) is -2.09. The van der Waals surface area contributed by atoms with Crippen LogP contribution in [0.1, 0.15) is 20.3 Å². The molecule has 3 aliphatic rings. The van der Waals surface area contributed by atoms with Crippen molar-refractivity contribution in [3.8, 4) is 11.5 Å². The number of nitrogens with one attached hydrogen (secondary N) is 1. The van der Waals surface area contributed by atoms with Gasteiger partial charge in [0.15, 0.2) is 6.61 Å². The third kappa shape index (κ3) is 3.96. The molecule has 9 nitrogen and oxygen atoms in total. The van der Waals surface area contributed by atoms with Gasteiger partial charge < -0.3 is 19.5 Å². The molecular formula is C24H28N2O7. The van der Waals surface area contributed by atoms with Crippen LogP contribution in [0.4, 0.5) is 5.69 Å². The average Bonchev–Trinajstić information content (AvgIpc) is 3.48.